The highest BCUT2D eigenvalue weighted by Crippen LogP contribution is 2.33. The molecule has 0 aliphatic carbocycles. The van der Waals surface area contributed by atoms with Crippen LogP contribution >= 0.6 is 0 Å². The molecule has 7 nitrogen and oxygen atoms in total. The highest BCUT2D eigenvalue weighted by Gasteiger charge is 2.29. The van der Waals surface area contributed by atoms with Crippen molar-refractivity contribution in [1.82, 2.24) is 10.8 Å². The topological polar surface area (TPSA) is 90.9 Å². The van der Waals surface area contributed by atoms with Gasteiger partial charge in [-0.05, 0) is 23.8 Å². The van der Waals surface area contributed by atoms with E-state index in [4.69, 9.17) is 9.94 Å². The number of hydrogen-bond donors (Lipinski definition) is 3. The third-order valence-electron chi connectivity index (χ3n) is 4.04. The Kier molecular flexibility index (Phi) is 4.85. The molecule has 1 aliphatic heterocycles. The summed E-state index contributed by atoms with van der Waals surface area (Å²) in [6.45, 7) is 0.795. The van der Waals surface area contributed by atoms with E-state index in [2.05, 4.69) is 5.32 Å². The molecule has 0 saturated heterocycles. The van der Waals surface area contributed by atoms with Crippen LogP contribution in [0.4, 0.5) is 5.69 Å². The van der Waals surface area contributed by atoms with Crippen LogP contribution in [0, 0.1) is 0 Å². The molecule has 1 atom stereocenters. The molecule has 1 heterocycles. The maximum Gasteiger partial charge on any atom is 0.274 e. The summed E-state index contributed by atoms with van der Waals surface area (Å²) in [7, 11) is 1.82. The van der Waals surface area contributed by atoms with Gasteiger partial charge in [-0.15, -0.1) is 0 Å². The molecule has 0 fully saturated rings. The van der Waals surface area contributed by atoms with E-state index in [1.807, 2.05) is 42.3 Å². The van der Waals surface area contributed by atoms with E-state index in [0.29, 0.717) is 30.1 Å². The Morgan fingerprint density at radius 1 is 1.24 bits per heavy atom. The van der Waals surface area contributed by atoms with E-state index in [9.17, 15) is 9.59 Å². The summed E-state index contributed by atoms with van der Waals surface area (Å²) in [5, 5.41) is 11.6. The first-order valence-corrected chi connectivity index (χ1v) is 7.86. The molecule has 3 N–H and O–H groups in total. The molecule has 0 aromatic heterocycles. The Bertz CT molecular complexity index is 779. The third kappa shape index (κ3) is 3.72. The second kappa shape index (κ2) is 7.23. The van der Waals surface area contributed by atoms with Crippen molar-refractivity contribution in [3.8, 4) is 5.75 Å². The van der Waals surface area contributed by atoms with E-state index < -0.39 is 12.0 Å². The van der Waals surface area contributed by atoms with Crippen LogP contribution in [0.2, 0.25) is 0 Å². The molecule has 3 rings (SSSR count). The van der Waals surface area contributed by atoms with Gasteiger partial charge in [-0.2, -0.15) is 0 Å². The van der Waals surface area contributed by atoms with Crippen molar-refractivity contribution in [2.75, 3.05) is 18.5 Å². The van der Waals surface area contributed by atoms with Crippen molar-refractivity contribution in [3.63, 3.8) is 0 Å². The maximum absolute atomic E-state index is 12.4. The second-order valence-electron chi connectivity index (χ2n) is 5.81. The van der Waals surface area contributed by atoms with E-state index in [1.54, 1.807) is 17.6 Å². The number of likely N-dealkylation sites (N-methyl/N-ethyl adjacent to an activating group) is 1. The van der Waals surface area contributed by atoms with E-state index in [1.165, 1.54) is 6.07 Å². The van der Waals surface area contributed by atoms with Crippen molar-refractivity contribution < 1.29 is 19.5 Å². The van der Waals surface area contributed by atoms with Crippen molar-refractivity contribution in [2.24, 2.45) is 0 Å². The van der Waals surface area contributed by atoms with Gasteiger partial charge in [-0.3, -0.25) is 14.8 Å². The lowest BCUT2D eigenvalue weighted by atomic mass is 10.1. The van der Waals surface area contributed by atoms with E-state index >= 15 is 0 Å². The highest BCUT2D eigenvalue weighted by molar-refractivity contribution is 5.95. The van der Waals surface area contributed by atoms with Gasteiger partial charge in [-0.1, -0.05) is 30.3 Å². The average molecular weight is 341 g/mol. The molecule has 0 spiro atoms. The van der Waals surface area contributed by atoms with Crippen LogP contribution < -0.4 is 20.4 Å². The van der Waals surface area contributed by atoms with Crippen LogP contribution in [0.15, 0.2) is 48.5 Å². The van der Waals surface area contributed by atoms with Crippen LogP contribution in [-0.4, -0.2) is 36.7 Å². The van der Waals surface area contributed by atoms with E-state index in [0.717, 1.165) is 5.56 Å². The number of carbonyl (C=O) groups excluding carboxylic acids is 2. The summed E-state index contributed by atoms with van der Waals surface area (Å²) >= 11 is 0. The lowest BCUT2D eigenvalue weighted by Crippen LogP contribution is -2.47. The SMILES string of the molecule is CN1CC(C(=O)NCc2ccccc2)Oc2ccc(C(=O)NO)cc21. The molecule has 2 aromatic carbocycles. The van der Waals surface area contributed by atoms with Crippen LogP contribution in [0.1, 0.15) is 15.9 Å². The first-order valence-electron chi connectivity index (χ1n) is 7.86. The minimum atomic E-state index is -0.640. The summed E-state index contributed by atoms with van der Waals surface area (Å²) < 4.78 is 5.77. The molecule has 25 heavy (non-hydrogen) atoms. The molecule has 0 bridgehead atoms. The Hall–Kier alpha value is -3.06. The second-order valence-corrected chi connectivity index (χ2v) is 5.81. The molecule has 1 unspecified atom stereocenters. The summed E-state index contributed by atoms with van der Waals surface area (Å²) in [4.78, 5) is 25.7. The predicted octanol–water partition coefficient (Wildman–Crippen LogP) is 1.32. The van der Waals surface area contributed by atoms with Gasteiger partial charge in [0.05, 0.1) is 12.2 Å². The number of hydroxylamine groups is 1. The predicted molar refractivity (Wildman–Crippen MR) is 91.7 cm³/mol. The number of hydrogen-bond acceptors (Lipinski definition) is 5. The molecule has 2 amide bonds. The number of fused-ring (bicyclic) bond motifs is 1. The van der Waals surface area contributed by atoms with Gasteiger partial charge >= 0.3 is 0 Å². The number of nitrogens with zero attached hydrogens (tertiary/aromatic N) is 1. The van der Waals surface area contributed by atoms with Gasteiger partial charge in [0.2, 0.25) is 0 Å². The zero-order valence-corrected chi connectivity index (χ0v) is 13.7. The minimum absolute atomic E-state index is 0.196. The fourth-order valence-corrected chi connectivity index (χ4v) is 2.69. The zero-order chi connectivity index (χ0) is 17.8. The Morgan fingerprint density at radius 2 is 2.00 bits per heavy atom. The molecular weight excluding hydrogens is 322 g/mol. The van der Waals surface area contributed by atoms with Gasteiger partial charge in [0.1, 0.15) is 5.75 Å². The van der Waals surface area contributed by atoms with Crippen LogP contribution in [-0.2, 0) is 11.3 Å². The summed E-state index contributed by atoms with van der Waals surface area (Å²) in [6.07, 6.45) is -0.640. The first-order chi connectivity index (χ1) is 12.1. The smallest absolute Gasteiger partial charge is 0.274 e. The number of ether oxygens (including phenoxy) is 1. The third-order valence-corrected chi connectivity index (χ3v) is 4.04. The molecular formula is C18H19N3O4. The van der Waals surface area contributed by atoms with Gasteiger partial charge in [0.15, 0.2) is 6.10 Å². The van der Waals surface area contributed by atoms with Crippen molar-refractivity contribution >= 4 is 17.5 Å². The largest absolute Gasteiger partial charge is 0.477 e. The average Bonchev–Trinajstić information content (AvgIpc) is 2.66. The number of nitrogens with one attached hydrogen (secondary N) is 2. The van der Waals surface area contributed by atoms with Crippen molar-refractivity contribution in [3.05, 3.63) is 59.7 Å². The summed E-state index contributed by atoms with van der Waals surface area (Å²) in [6, 6.07) is 14.4. The molecule has 1 aliphatic rings. The molecule has 0 saturated carbocycles. The number of anilines is 1. The van der Waals surface area contributed by atoms with Crippen LogP contribution in [0.3, 0.4) is 0 Å². The highest BCUT2D eigenvalue weighted by atomic mass is 16.5. The maximum atomic E-state index is 12.4. The Labute approximate surface area is 145 Å². The monoisotopic (exact) mass is 341 g/mol. The molecule has 130 valence electrons. The van der Waals surface area contributed by atoms with Crippen LogP contribution in [0.5, 0.6) is 5.75 Å². The van der Waals surface area contributed by atoms with Gasteiger partial charge < -0.3 is 15.0 Å². The Balaban J connectivity index is 1.68. The summed E-state index contributed by atoms with van der Waals surface area (Å²) in [5.74, 6) is -0.277. The number of rotatable bonds is 4. The lowest BCUT2D eigenvalue weighted by molar-refractivity contribution is -0.128. The summed E-state index contributed by atoms with van der Waals surface area (Å²) in [5.41, 5.74) is 3.61. The van der Waals surface area contributed by atoms with Crippen molar-refractivity contribution in [1.29, 1.82) is 0 Å². The van der Waals surface area contributed by atoms with Gasteiger partial charge in [0.25, 0.3) is 11.8 Å². The number of carbonyl (C=O) groups is 2. The Morgan fingerprint density at radius 3 is 2.72 bits per heavy atom. The molecule has 2 aromatic rings. The minimum Gasteiger partial charge on any atom is -0.477 e. The lowest BCUT2D eigenvalue weighted by Gasteiger charge is -2.33. The normalized spacial score (nSPS) is 15.8. The first kappa shape index (κ1) is 16.8. The van der Waals surface area contributed by atoms with Gasteiger partial charge in [-0.25, -0.2) is 5.48 Å². The van der Waals surface area contributed by atoms with E-state index in [-0.39, 0.29) is 5.91 Å². The molecule has 0 radical (unpaired) electrons. The number of benzene rings is 2. The molecule has 7 heteroatoms. The zero-order valence-electron chi connectivity index (χ0n) is 13.7. The fourth-order valence-electron chi connectivity index (χ4n) is 2.69. The fraction of sp³-hybridized carbons (Fsp3) is 0.222. The van der Waals surface area contributed by atoms with Crippen molar-refractivity contribution in [2.45, 2.75) is 12.6 Å². The quantitative estimate of drug-likeness (QED) is 0.576. The standard InChI is InChI=1S/C18H19N3O4/c1-21-11-16(18(23)19-10-12-5-3-2-4-6-12)25-15-8-7-13(9-14(15)21)17(22)20-24/h2-9,16,24H,10-11H2,1H3,(H,19,23)(H,20,22). The van der Waals surface area contributed by atoms with Crippen LogP contribution in [0.25, 0.3) is 0 Å². The van der Waals surface area contributed by atoms with Gasteiger partial charge in [0, 0.05) is 19.2 Å². The number of amides is 2.